The van der Waals surface area contributed by atoms with Crippen molar-refractivity contribution in [2.75, 3.05) is 44.4 Å². The number of aromatic nitrogens is 1. The van der Waals surface area contributed by atoms with Gasteiger partial charge in [0.1, 0.15) is 11.3 Å². The van der Waals surface area contributed by atoms with Crippen LogP contribution in [0.2, 0.25) is 0 Å². The first kappa shape index (κ1) is 20.6. The van der Waals surface area contributed by atoms with E-state index in [0.717, 1.165) is 32.5 Å². The minimum Gasteiger partial charge on any atom is -0.492 e. The molecule has 3 aromatic rings. The second-order valence-electron chi connectivity index (χ2n) is 6.48. The molecule has 1 amide bonds. The summed E-state index contributed by atoms with van der Waals surface area (Å²) >= 11 is 3.08. The predicted octanol–water partition coefficient (Wildman–Crippen LogP) is 4.38. The predicted molar refractivity (Wildman–Crippen MR) is 119 cm³/mol. The van der Waals surface area contributed by atoms with Crippen LogP contribution in [-0.4, -0.2) is 55.3 Å². The lowest BCUT2D eigenvalue weighted by Crippen LogP contribution is -2.37. The van der Waals surface area contributed by atoms with Gasteiger partial charge in [-0.15, -0.1) is 11.8 Å². The Hall–Kier alpha value is -2.09. The van der Waals surface area contributed by atoms with E-state index in [0.29, 0.717) is 18.9 Å². The van der Waals surface area contributed by atoms with Crippen molar-refractivity contribution in [1.82, 2.24) is 9.88 Å². The summed E-state index contributed by atoms with van der Waals surface area (Å²) in [6.07, 6.45) is 0. The van der Waals surface area contributed by atoms with Crippen LogP contribution in [0.4, 0.5) is 5.13 Å². The number of para-hydroxylation sites is 1. The summed E-state index contributed by atoms with van der Waals surface area (Å²) in [4.78, 5) is 22.8. The molecule has 0 atom stereocenters. The largest absolute Gasteiger partial charge is 0.492 e. The smallest absolute Gasteiger partial charge is 0.239 e. The number of carbonyl (C=O) groups excluding carboxylic acids is 1. The molecule has 3 rings (SSSR count). The fourth-order valence-corrected chi connectivity index (χ4v) is 4.49. The number of ether oxygens (including phenoxy) is 1. The molecule has 0 aliphatic rings. The zero-order valence-corrected chi connectivity index (χ0v) is 18.1. The van der Waals surface area contributed by atoms with E-state index in [1.165, 1.54) is 11.3 Å². The van der Waals surface area contributed by atoms with E-state index >= 15 is 0 Å². The second-order valence-corrected chi connectivity index (χ2v) is 8.54. The zero-order valence-electron chi connectivity index (χ0n) is 16.4. The van der Waals surface area contributed by atoms with Crippen LogP contribution in [0.5, 0.6) is 5.75 Å². The highest BCUT2D eigenvalue weighted by Crippen LogP contribution is 2.34. The molecule has 0 radical (unpaired) electrons. The van der Waals surface area contributed by atoms with E-state index in [-0.39, 0.29) is 5.91 Å². The van der Waals surface area contributed by atoms with Gasteiger partial charge in [0, 0.05) is 18.0 Å². The van der Waals surface area contributed by atoms with Crippen LogP contribution in [0.15, 0.2) is 53.4 Å². The van der Waals surface area contributed by atoms with Crippen LogP contribution in [0.25, 0.3) is 10.2 Å². The average Bonchev–Trinajstić information content (AvgIpc) is 3.12. The minimum absolute atomic E-state index is 0.0627. The standard InChI is InChI=1S/C21H25N3O2S2/c1-4-26-17-11-8-12-18-20(17)22-21(28-18)24(14-13-23(2)3)19(25)15-27-16-9-6-5-7-10-16/h5-12H,4,13-15H2,1-3H3. The van der Waals surface area contributed by atoms with E-state index in [9.17, 15) is 4.79 Å². The van der Waals surface area contributed by atoms with E-state index in [1.807, 2.05) is 69.6 Å². The maximum Gasteiger partial charge on any atom is 0.239 e. The van der Waals surface area contributed by atoms with Gasteiger partial charge >= 0.3 is 0 Å². The zero-order chi connectivity index (χ0) is 19.9. The van der Waals surface area contributed by atoms with Crippen molar-refractivity contribution in [3.05, 3.63) is 48.5 Å². The van der Waals surface area contributed by atoms with Crippen LogP contribution < -0.4 is 9.64 Å². The van der Waals surface area contributed by atoms with Crippen molar-refractivity contribution in [2.45, 2.75) is 11.8 Å². The van der Waals surface area contributed by atoms with Gasteiger partial charge in [0.2, 0.25) is 5.91 Å². The molecule has 0 saturated heterocycles. The Bertz CT molecular complexity index is 912. The Labute approximate surface area is 174 Å². The summed E-state index contributed by atoms with van der Waals surface area (Å²) in [5.74, 6) is 1.21. The molecule has 148 valence electrons. The van der Waals surface area contributed by atoms with Gasteiger partial charge in [0.15, 0.2) is 5.13 Å². The number of thioether (sulfide) groups is 1. The topological polar surface area (TPSA) is 45.7 Å². The fourth-order valence-electron chi connectivity index (χ4n) is 2.67. The molecule has 0 unspecified atom stereocenters. The fraction of sp³-hybridized carbons (Fsp3) is 0.333. The van der Waals surface area contributed by atoms with Gasteiger partial charge in [-0.3, -0.25) is 9.69 Å². The Morgan fingerprint density at radius 1 is 1.11 bits per heavy atom. The summed E-state index contributed by atoms with van der Waals surface area (Å²) in [6, 6.07) is 15.9. The van der Waals surface area contributed by atoms with Crippen LogP contribution >= 0.6 is 23.1 Å². The van der Waals surface area contributed by atoms with Gasteiger partial charge in [-0.2, -0.15) is 0 Å². The minimum atomic E-state index is 0.0627. The van der Waals surface area contributed by atoms with Crippen molar-refractivity contribution < 1.29 is 9.53 Å². The lowest BCUT2D eigenvalue weighted by atomic mass is 10.3. The second kappa shape index (κ2) is 9.91. The maximum atomic E-state index is 13.0. The van der Waals surface area contributed by atoms with Crippen LogP contribution in [-0.2, 0) is 4.79 Å². The number of hydrogen-bond acceptors (Lipinski definition) is 6. The van der Waals surface area contributed by atoms with Crippen LogP contribution in [0.1, 0.15) is 6.92 Å². The van der Waals surface area contributed by atoms with E-state index in [4.69, 9.17) is 9.72 Å². The van der Waals surface area contributed by atoms with E-state index < -0.39 is 0 Å². The normalized spacial score (nSPS) is 11.1. The Balaban J connectivity index is 1.83. The Morgan fingerprint density at radius 3 is 2.61 bits per heavy atom. The average molecular weight is 416 g/mol. The third kappa shape index (κ3) is 5.25. The molecule has 28 heavy (non-hydrogen) atoms. The molecule has 0 aliphatic heterocycles. The van der Waals surface area contributed by atoms with Gasteiger partial charge in [-0.25, -0.2) is 4.98 Å². The SMILES string of the molecule is CCOc1cccc2sc(N(CCN(C)C)C(=O)CSc3ccccc3)nc12. The number of nitrogens with zero attached hydrogens (tertiary/aromatic N) is 3. The summed E-state index contributed by atoms with van der Waals surface area (Å²) < 4.78 is 6.73. The van der Waals surface area contributed by atoms with Crippen molar-refractivity contribution in [3.8, 4) is 5.75 Å². The van der Waals surface area contributed by atoms with Gasteiger partial charge in [0.05, 0.1) is 17.1 Å². The molecule has 1 heterocycles. The molecule has 1 aromatic heterocycles. The van der Waals surface area contributed by atoms with Crippen molar-refractivity contribution in [2.24, 2.45) is 0 Å². The van der Waals surface area contributed by atoms with Crippen molar-refractivity contribution in [1.29, 1.82) is 0 Å². The van der Waals surface area contributed by atoms with Crippen molar-refractivity contribution in [3.63, 3.8) is 0 Å². The molecular formula is C21H25N3O2S2. The Kier molecular flexibility index (Phi) is 7.30. The van der Waals surface area contributed by atoms with Gasteiger partial charge in [-0.1, -0.05) is 35.6 Å². The molecule has 0 N–H and O–H groups in total. The highest BCUT2D eigenvalue weighted by molar-refractivity contribution is 8.00. The number of rotatable bonds is 9. The first-order chi connectivity index (χ1) is 13.6. The van der Waals surface area contributed by atoms with Crippen LogP contribution in [0.3, 0.4) is 0 Å². The molecular weight excluding hydrogens is 390 g/mol. The lowest BCUT2D eigenvalue weighted by Gasteiger charge is -2.21. The van der Waals surface area contributed by atoms with E-state index in [2.05, 4.69) is 4.90 Å². The molecule has 0 saturated carbocycles. The molecule has 0 fully saturated rings. The molecule has 7 heteroatoms. The first-order valence-corrected chi connectivity index (χ1v) is 11.0. The highest BCUT2D eigenvalue weighted by atomic mass is 32.2. The molecule has 0 aliphatic carbocycles. The summed E-state index contributed by atoms with van der Waals surface area (Å²) in [5.41, 5.74) is 0.822. The lowest BCUT2D eigenvalue weighted by molar-refractivity contribution is -0.116. The van der Waals surface area contributed by atoms with Crippen molar-refractivity contribution >= 4 is 44.4 Å². The van der Waals surface area contributed by atoms with Gasteiger partial charge in [0.25, 0.3) is 0 Å². The summed E-state index contributed by atoms with van der Waals surface area (Å²) in [6.45, 7) is 3.92. The summed E-state index contributed by atoms with van der Waals surface area (Å²) in [7, 11) is 4.01. The van der Waals surface area contributed by atoms with Crippen LogP contribution in [0, 0.1) is 0 Å². The van der Waals surface area contributed by atoms with Gasteiger partial charge in [-0.05, 0) is 45.3 Å². The third-order valence-corrected chi connectivity index (χ3v) is 6.12. The number of amides is 1. The quantitative estimate of drug-likeness (QED) is 0.485. The van der Waals surface area contributed by atoms with Gasteiger partial charge < -0.3 is 9.64 Å². The maximum absolute atomic E-state index is 13.0. The summed E-state index contributed by atoms with van der Waals surface area (Å²) in [5, 5.41) is 0.725. The highest BCUT2D eigenvalue weighted by Gasteiger charge is 2.21. The van der Waals surface area contributed by atoms with E-state index in [1.54, 1.807) is 16.7 Å². The third-order valence-electron chi connectivity index (χ3n) is 4.08. The molecule has 0 bridgehead atoms. The Morgan fingerprint density at radius 2 is 1.89 bits per heavy atom. The monoisotopic (exact) mass is 415 g/mol. The molecule has 2 aromatic carbocycles. The molecule has 0 spiro atoms. The number of likely N-dealkylation sites (N-methyl/N-ethyl adjacent to an activating group) is 1. The number of benzene rings is 2. The molecule has 5 nitrogen and oxygen atoms in total. The number of carbonyl (C=O) groups is 1. The number of hydrogen-bond donors (Lipinski definition) is 0. The number of fused-ring (bicyclic) bond motifs is 1. The number of anilines is 1. The number of thiazole rings is 1. The first-order valence-electron chi connectivity index (χ1n) is 9.23.